The summed E-state index contributed by atoms with van der Waals surface area (Å²) in [6.45, 7) is 11.0. The summed E-state index contributed by atoms with van der Waals surface area (Å²) in [5.74, 6) is -0.570. The van der Waals surface area contributed by atoms with Gasteiger partial charge in [0, 0.05) is 19.3 Å². The van der Waals surface area contributed by atoms with E-state index in [2.05, 4.69) is 13.8 Å². The molecule has 0 aromatic heterocycles. The Labute approximate surface area is 109 Å². The van der Waals surface area contributed by atoms with E-state index in [0.29, 0.717) is 0 Å². The Morgan fingerprint density at radius 1 is 0.889 bits per heavy atom. The van der Waals surface area contributed by atoms with Gasteiger partial charge in [0.2, 0.25) is 0 Å². The topological polar surface area (TPSA) is 52.6 Å². The van der Waals surface area contributed by atoms with Crippen LogP contribution in [0.5, 0.6) is 0 Å². The molecule has 1 rings (SSSR count). The Balaban J connectivity index is 2.96. The molecule has 4 heteroatoms. The molecule has 0 aromatic rings. The summed E-state index contributed by atoms with van der Waals surface area (Å²) in [6.07, 6.45) is 1.14. The van der Waals surface area contributed by atoms with Gasteiger partial charge in [0.05, 0.1) is 0 Å². The Bertz CT molecular complexity index is 314. The van der Waals surface area contributed by atoms with Crippen LogP contribution in [0.25, 0.3) is 0 Å². The molecular weight excluding hydrogens is 232 g/mol. The van der Waals surface area contributed by atoms with Gasteiger partial charge in [-0.05, 0) is 18.3 Å². The van der Waals surface area contributed by atoms with Crippen molar-refractivity contribution in [1.29, 1.82) is 0 Å². The highest BCUT2D eigenvalue weighted by Crippen LogP contribution is 2.47. The van der Waals surface area contributed by atoms with Crippen molar-refractivity contribution in [1.82, 2.24) is 0 Å². The fourth-order valence-corrected chi connectivity index (χ4v) is 2.61. The van der Waals surface area contributed by atoms with Gasteiger partial charge in [0.25, 0.3) is 0 Å². The second kappa shape index (κ2) is 4.90. The molecule has 0 bridgehead atoms. The average Bonchev–Trinajstić information content (AvgIpc) is 2.11. The van der Waals surface area contributed by atoms with E-state index in [1.807, 2.05) is 13.8 Å². The summed E-state index contributed by atoms with van der Waals surface area (Å²) in [7, 11) is 0. The molecule has 0 heterocycles. The van der Waals surface area contributed by atoms with E-state index < -0.39 is 0 Å². The minimum atomic E-state index is -0.354. The largest absolute Gasteiger partial charge is 0.462 e. The lowest BCUT2D eigenvalue weighted by Gasteiger charge is -2.49. The highest BCUT2D eigenvalue weighted by molar-refractivity contribution is 5.67. The molecule has 104 valence electrons. The van der Waals surface area contributed by atoms with E-state index in [1.165, 1.54) is 13.8 Å². The lowest BCUT2D eigenvalue weighted by molar-refractivity contribution is -0.185. The Hall–Kier alpha value is -1.06. The van der Waals surface area contributed by atoms with E-state index >= 15 is 0 Å². The van der Waals surface area contributed by atoms with Crippen LogP contribution in [0, 0.1) is 10.8 Å². The zero-order chi connectivity index (χ0) is 14.1. The van der Waals surface area contributed by atoms with Crippen molar-refractivity contribution in [2.75, 3.05) is 0 Å². The minimum absolute atomic E-state index is 0.00421. The number of carbonyl (C=O) groups excluding carboxylic acids is 2. The summed E-state index contributed by atoms with van der Waals surface area (Å²) < 4.78 is 10.8. The van der Waals surface area contributed by atoms with Gasteiger partial charge in [-0.15, -0.1) is 0 Å². The van der Waals surface area contributed by atoms with Gasteiger partial charge in [-0.3, -0.25) is 9.59 Å². The quantitative estimate of drug-likeness (QED) is 0.713. The van der Waals surface area contributed by atoms with Crippen molar-refractivity contribution in [2.24, 2.45) is 10.8 Å². The third kappa shape index (κ3) is 3.47. The highest BCUT2D eigenvalue weighted by Gasteiger charge is 2.50. The number of rotatable bonds is 2. The first-order valence-electron chi connectivity index (χ1n) is 6.39. The Morgan fingerprint density at radius 3 is 1.50 bits per heavy atom. The normalized spacial score (nSPS) is 29.4. The van der Waals surface area contributed by atoms with Gasteiger partial charge in [-0.2, -0.15) is 0 Å². The summed E-state index contributed by atoms with van der Waals surface area (Å²) in [5, 5.41) is 0. The van der Waals surface area contributed by atoms with Crippen LogP contribution in [-0.4, -0.2) is 24.1 Å². The number of ether oxygens (including phenoxy) is 2. The summed E-state index contributed by atoms with van der Waals surface area (Å²) in [4.78, 5) is 22.4. The summed E-state index contributed by atoms with van der Waals surface area (Å²) >= 11 is 0. The van der Waals surface area contributed by atoms with E-state index in [9.17, 15) is 9.59 Å². The molecule has 18 heavy (non-hydrogen) atoms. The Kier molecular flexibility index (Phi) is 4.08. The predicted molar refractivity (Wildman–Crippen MR) is 67.9 cm³/mol. The molecule has 0 aliphatic heterocycles. The van der Waals surface area contributed by atoms with Gasteiger partial charge in [0.15, 0.2) is 0 Å². The van der Waals surface area contributed by atoms with Crippen LogP contribution in [0.15, 0.2) is 0 Å². The molecule has 0 radical (unpaired) electrons. The van der Waals surface area contributed by atoms with Gasteiger partial charge in [-0.25, -0.2) is 0 Å². The second-order valence-corrected chi connectivity index (χ2v) is 6.59. The molecule has 0 saturated heterocycles. The van der Waals surface area contributed by atoms with Crippen molar-refractivity contribution in [3.05, 3.63) is 0 Å². The maximum atomic E-state index is 11.2. The van der Waals surface area contributed by atoms with E-state index in [1.54, 1.807) is 0 Å². The van der Waals surface area contributed by atoms with Crippen LogP contribution in [0.4, 0.5) is 0 Å². The fraction of sp³-hybridized carbons (Fsp3) is 0.857. The fourth-order valence-electron chi connectivity index (χ4n) is 2.61. The molecule has 2 atom stereocenters. The molecule has 0 unspecified atom stereocenters. The Morgan fingerprint density at radius 2 is 1.22 bits per heavy atom. The smallest absolute Gasteiger partial charge is 0.302 e. The van der Waals surface area contributed by atoms with Crippen LogP contribution in [-0.2, 0) is 19.1 Å². The lowest BCUT2D eigenvalue weighted by Crippen LogP contribution is -2.52. The van der Waals surface area contributed by atoms with E-state index in [0.717, 1.165) is 12.8 Å². The van der Waals surface area contributed by atoms with E-state index in [4.69, 9.17) is 9.47 Å². The molecule has 1 saturated carbocycles. The van der Waals surface area contributed by atoms with Crippen LogP contribution < -0.4 is 0 Å². The lowest BCUT2D eigenvalue weighted by atomic mass is 9.63. The number of esters is 2. The van der Waals surface area contributed by atoms with Crippen molar-refractivity contribution in [3.63, 3.8) is 0 Å². The first kappa shape index (κ1) is 15.0. The van der Waals surface area contributed by atoms with Crippen molar-refractivity contribution >= 4 is 11.9 Å². The van der Waals surface area contributed by atoms with Crippen molar-refractivity contribution in [3.8, 4) is 0 Å². The van der Waals surface area contributed by atoms with Gasteiger partial charge >= 0.3 is 11.9 Å². The van der Waals surface area contributed by atoms with Crippen LogP contribution in [0.2, 0.25) is 0 Å². The van der Waals surface area contributed by atoms with Gasteiger partial charge < -0.3 is 9.47 Å². The molecule has 0 spiro atoms. The number of hydrogen-bond acceptors (Lipinski definition) is 4. The molecule has 1 aliphatic carbocycles. The summed E-state index contributed by atoms with van der Waals surface area (Å²) in [6, 6.07) is 0. The average molecular weight is 256 g/mol. The molecule has 0 N–H and O–H groups in total. The maximum Gasteiger partial charge on any atom is 0.302 e. The molecule has 1 fully saturated rings. The second-order valence-electron chi connectivity index (χ2n) is 6.59. The van der Waals surface area contributed by atoms with Gasteiger partial charge in [0.1, 0.15) is 12.2 Å². The third-order valence-electron chi connectivity index (χ3n) is 3.75. The van der Waals surface area contributed by atoms with Crippen LogP contribution in [0.3, 0.4) is 0 Å². The zero-order valence-electron chi connectivity index (χ0n) is 12.2. The molecule has 4 nitrogen and oxygen atoms in total. The monoisotopic (exact) mass is 256 g/mol. The van der Waals surface area contributed by atoms with E-state index in [-0.39, 0.29) is 35.0 Å². The molecule has 0 amide bonds. The molecular formula is C14H24O4. The zero-order valence-corrected chi connectivity index (χ0v) is 12.2. The predicted octanol–water partition coefficient (Wildman–Crippen LogP) is 2.70. The van der Waals surface area contributed by atoms with Crippen molar-refractivity contribution in [2.45, 2.75) is 66.6 Å². The molecule has 0 aromatic carbocycles. The first-order chi connectivity index (χ1) is 8.04. The standard InChI is InChI=1S/C14H24O4/c1-9(15)17-11-7-13(3,4)8-12(14(11,5)6)18-10(2)16/h11-12H,7-8H2,1-6H3/t11-,12+. The third-order valence-corrected chi connectivity index (χ3v) is 3.75. The van der Waals surface area contributed by atoms with Crippen molar-refractivity contribution < 1.29 is 19.1 Å². The number of hydrogen-bond donors (Lipinski definition) is 0. The minimum Gasteiger partial charge on any atom is -0.462 e. The summed E-state index contributed by atoms with van der Waals surface area (Å²) in [5.41, 5.74) is -0.359. The van der Waals surface area contributed by atoms with Crippen LogP contribution in [0.1, 0.15) is 54.4 Å². The SMILES string of the molecule is CC(=O)O[C@H]1CC(C)(C)C[C@@H](OC(C)=O)C1(C)C. The first-order valence-corrected chi connectivity index (χ1v) is 6.39. The van der Waals surface area contributed by atoms with Gasteiger partial charge in [-0.1, -0.05) is 27.7 Å². The number of carbonyl (C=O) groups is 2. The highest BCUT2D eigenvalue weighted by atomic mass is 16.6. The van der Waals surface area contributed by atoms with Crippen LogP contribution >= 0.6 is 0 Å². The molecule has 1 aliphatic rings. The maximum absolute atomic E-state index is 11.2.